The second kappa shape index (κ2) is 13.7. The summed E-state index contributed by atoms with van der Waals surface area (Å²) in [5.74, 6) is -4.86. The van der Waals surface area contributed by atoms with E-state index in [-0.39, 0.29) is 12.8 Å². The maximum atomic E-state index is 13.3. The highest BCUT2D eigenvalue weighted by molar-refractivity contribution is 5.95. The lowest BCUT2D eigenvalue weighted by Crippen LogP contribution is -2.59. The third-order valence-electron chi connectivity index (χ3n) is 5.51. The summed E-state index contributed by atoms with van der Waals surface area (Å²) >= 11 is 0. The molecule has 0 saturated carbocycles. The number of carboxylic acids is 1. The Morgan fingerprint density at radius 1 is 0.946 bits per heavy atom. The minimum atomic E-state index is -1.55. The van der Waals surface area contributed by atoms with Crippen LogP contribution in [0.3, 0.4) is 0 Å². The maximum absolute atomic E-state index is 13.3. The van der Waals surface area contributed by atoms with Gasteiger partial charge in [0.15, 0.2) is 0 Å². The molecule has 13 heteroatoms. The summed E-state index contributed by atoms with van der Waals surface area (Å²) < 4.78 is 0. The molecule has 37 heavy (non-hydrogen) atoms. The molecule has 4 amide bonds. The van der Waals surface area contributed by atoms with E-state index in [1.54, 1.807) is 38.1 Å². The number of nitrogens with two attached hydrogens (primary N) is 2. The number of rotatable bonds is 14. The summed E-state index contributed by atoms with van der Waals surface area (Å²) in [4.78, 5) is 68.3. The first-order chi connectivity index (χ1) is 17.5. The second-order valence-electron chi connectivity index (χ2n) is 8.94. The SMILES string of the molecule is CC(C)C(NC(=O)C(Cc1ccccc1)NC(=O)C(N)Cc1cnc[nH]1)C(=O)NC(CC(N)=O)C(=O)O. The van der Waals surface area contributed by atoms with Gasteiger partial charge < -0.3 is 37.5 Å². The van der Waals surface area contributed by atoms with E-state index in [1.807, 2.05) is 6.07 Å². The molecule has 0 bridgehead atoms. The highest BCUT2D eigenvalue weighted by atomic mass is 16.4. The molecule has 0 aliphatic heterocycles. The number of aromatic nitrogens is 2. The smallest absolute Gasteiger partial charge is 0.326 e. The topological polar surface area (TPSA) is 222 Å². The predicted molar refractivity (Wildman–Crippen MR) is 132 cm³/mol. The van der Waals surface area contributed by atoms with Gasteiger partial charge in [0.05, 0.1) is 18.8 Å². The Morgan fingerprint density at radius 3 is 2.14 bits per heavy atom. The van der Waals surface area contributed by atoms with Crippen LogP contribution in [0.1, 0.15) is 31.5 Å². The van der Waals surface area contributed by atoms with Gasteiger partial charge in [0.2, 0.25) is 23.6 Å². The first-order valence-corrected chi connectivity index (χ1v) is 11.7. The van der Waals surface area contributed by atoms with Crippen LogP contribution >= 0.6 is 0 Å². The van der Waals surface area contributed by atoms with Crippen LogP contribution in [0, 0.1) is 5.92 Å². The fraction of sp³-hybridized carbons (Fsp3) is 0.417. The van der Waals surface area contributed by atoms with Crippen LogP contribution in [-0.4, -0.2) is 68.8 Å². The number of hydrogen-bond donors (Lipinski definition) is 7. The van der Waals surface area contributed by atoms with E-state index < -0.39 is 66.1 Å². The van der Waals surface area contributed by atoms with Gasteiger partial charge in [-0.1, -0.05) is 44.2 Å². The van der Waals surface area contributed by atoms with Crippen LogP contribution < -0.4 is 27.4 Å². The standard InChI is InChI=1S/C24H33N7O6/c1-13(2)20(23(35)30-18(24(36)37)10-19(26)32)31-22(34)17(8-14-6-4-3-5-7-14)29-21(33)16(25)9-15-11-27-12-28-15/h3-7,11-13,16-18,20H,8-10,25H2,1-2H3,(H2,26,32)(H,27,28)(H,29,33)(H,30,35)(H,31,34)(H,36,37). The third kappa shape index (κ3) is 9.37. The number of carboxylic acid groups (broad SMARTS) is 1. The summed E-state index contributed by atoms with van der Waals surface area (Å²) in [5.41, 5.74) is 12.5. The van der Waals surface area contributed by atoms with Crippen molar-refractivity contribution in [2.75, 3.05) is 0 Å². The molecule has 13 nitrogen and oxygen atoms in total. The van der Waals surface area contributed by atoms with Gasteiger partial charge in [0.25, 0.3) is 0 Å². The zero-order valence-corrected chi connectivity index (χ0v) is 20.6. The lowest BCUT2D eigenvalue weighted by Gasteiger charge is -2.27. The summed E-state index contributed by atoms with van der Waals surface area (Å²) in [6.07, 6.45) is 2.66. The zero-order chi connectivity index (χ0) is 27.5. The van der Waals surface area contributed by atoms with Crippen LogP contribution in [0.5, 0.6) is 0 Å². The first kappa shape index (κ1) is 29.0. The van der Waals surface area contributed by atoms with E-state index in [1.165, 1.54) is 12.5 Å². The lowest BCUT2D eigenvalue weighted by atomic mass is 10.00. The fourth-order valence-corrected chi connectivity index (χ4v) is 3.52. The Labute approximate surface area is 213 Å². The molecule has 0 saturated heterocycles. The predicted octanol–water partition coefficient (Wildman–Crippen LogP) is -1.41. The van der Waals surface area contributed by atoms with Crippen molar-refractivity contribution in [2.24, 2.45) is 17.4 Å². The number of nitrogens with one attached hydrogen (secondary N) is 4. The van der Waals surface area contributed by atoms with Gasteiger partial charge in [-0.05, 0) is 11.5 Å². The third-order valence-corrected chi connectivity index (χ3v) is 5.51. The van der Waals surface area contributed by atoms with Gasteiger partial charge in [-0.25, -0.2) is 9.78 Å². The molecule has 0 spiro atoms. The van der Waals surface area contributed by atoms with Crippen molar-refractivity contribution in [3.63, 3.8) is 0 Å². The van der Waals surface area contributed by atoms with Crippen molar-refractivity contribution in [1.29, 1.82) is 0 Å². The summed E-state index contributed by atoms with van der Waals surface area (Å²) in [7, 11) is 0. The molecule has 0 aliphatic carbocycles. The molecule has 4 atom stereocenters. The number of imidazole rings is 1. The molecule has 4 unspecified atom stereocenters. The molecular formula is C24H33N7O6. The average Bonchev–Trinajstić information content (AvgIpc) is 3.34. The number of amides is 4. The lowest BCUT2D eigenvalue weighted by molar-refractivity contribution is -0.144. The molecule has 0 fully saturated rings. The quantitative estimate of drug-likeness (QED) is 0.158. The van der Waals surface area contributed by atoms with Crippen molar-refractivity contribution < 1.29 is 29.1 Å². The number of primary amides is 1. The molecule has 1 aromatic heterocycles. The number of carbonyl (C=O) groups is 5. The van der Waals surface area contributed by atoms with E-state index in [9.17, 15) is 29.1 Å². The van der Waals surface area contributed by atoms with Gasteiger partial charge in [-0.2, -0.15) is 0 Å². The van der Waals surface area contributed by atoms with Gasteiger partial charge in [-0.15, -0.1) is 0 Å². The molecule has 1 aromatic carbocycles. The Kier molecular flexibility index (Phi) is 10.8. The molecule has 2 rings (SSSR count). The van der Waals surface area contributed by atoms with Gasteiger partial charge in [0, 0.05) is 24.7 Å². The molecule has 0 aliphatic rings. The van der Waals surface area contributed by atoms with Crippen molar-refractivity contribution in [1.82, 2.24) is 25.9 Å². The van der Waals surface area contributed by atoms with Crippen LogP contribution in [0.4, 0.5) is 0 Å². The molecule has 1 heterocycles. The number of hydrogen-bond acceptors (Lipinski definition) is 7. The van der Waals surface area contributed by atoms with E-state index in [0.717, 1.165) is 5.56 Å². The fourth-order valence-electron chi connectivity index (χ4n) is 3.52. The second-order valence-corrected chi connectivity index (χ2v) is 8.94. The molecule has 9 N–H and O–H groups in total. The summed E-state index contributed by atoms with van der Waals surface area (Å²) in [6.45, 7) is 3.30. The summed E-state index contributed by atoms with van der Waals surface area (Å²) in [5, 5.41) is 16.8. The molecule has 2 aromatic rings. The van der Waals surface area contributed by atoms with Gasteiger partial charge in [-0.3, -0.25) is 19.2 Å². The summed E-state index contributed by atoms with van der Waals surface area (Å²) in [6, 6.07) is 4.17. The van der Waals surface area contributed by atoms with Gasteiger partial charge in [0.1, 0.15) is 18.1 Å². The van der Waals surface area contributed by atoms with Crippen molar-refractivity contribution in [2.45, 2.75) is 57.3 Å². The zero-order valence-electron chi connectivity index (χ0n) is 20.6. The van der Waals surface area contributed by atoms with Crippen LogP contribution in [0.25, 0.3) is 0 Å². The maximum Gasteiger partial charge on any atom is 0.326 e. The normalized spacial score (nSPS) is 14.2. The van der Waals surface area contributed by atoms with Crippen LogP contribution in [0.2, 0.25) is 0 Å². The van der Waals surface area contributed by atoms with Crippen molar-refractivity contribution in [3.8, 4) is 0 Å². The molecular weight excluding hydrogens is 482 g/mol. The highest BCUT2D eigenvalue weighted by Crippen LogP contribution is 2.08. The van der Waals surface area contributed by atoms with E-state index in [0.29, 0.717) is 5.69 Å². The highest BCUT2D eigenvalue weighted by Gasteiger charge is 2.32. The number of nitrogens with zero attached hydrogens (tertiary/aromatic N) is 1. The minimum Gasteiger partial charge on any atom is -0.480 e. The van der Waals surface area contributed by atoms with Crippen LogP contribution in [-0.2, 0) is 36.8 Å². The van der Waals surface area contributed by atoms with Crippen molar-refractivity contribution >= 4 is 29.6 Å². The van der Waals surface area contributed by atoms with E-state index >= 15 is 0 Å². The minimum absolute atomic E-state index is 0.112. The number of aliphatic carboxylic acids is 1. The van der Waals surface area contributed by atoms with Crippen LogP contribution in [0.15, 0.2) is 42.9 Å². The number of carbonyl (C=O) groups excluding carboxylic acids is 4. The van der Waals surface area contributed by atoms with E-state index in [2.05, 4.69) is 25.9 Å². The Morgan fingerprint density at radius 2 is 1.59 bits per heavy atom. The largest absolute Gasteiger partial charge is 0.480 e. The monoisotopic (exact) mass is 515 g/mol. The Bertz CT molecular complexity index is 1070. The first-order valence-electron chi connectivity index (χ1n) is 11.7. The van der Waals surface area contributed by atoms with E-state index in [4.69, 9.17) is 11.5 Å². The molecule has 0 radical (unpaired) electrons. The number of benzene rings is 1. The van der Waals surface area contributed by atoms with Crippen molar-refractivity contribution in [3.05, 3.63) is 54.1 Å². The Balaban J connectivity index is 2.18. The number of H-pyrrole nitrogens is 1. The Hall–Kier alpha value is -4.26. The number of aromatic amines is 1. The average molecular weight is 516 g/mol. The van der Waals surface area contributed by atoms with Gasteiger partial charge >= 0.3 is 5.97 Å². The molecule has 200 valence electrons.